The third kappa shape index (κ3) is 5.92. The van der Waals surface area contributed by atoms with E-state index in [2.05, 4.69) is 25.7 Å². The number of sulfonamides is 1. The highest BCUT2D eigenvalue weighted by molar-refractivity contribution is 14.0. The van der Waals surface area contributed by atoms with Gasteiger partial charge in [-0.3, -0.25) is 9.79 Å². The summed E-state index contributed by atoms with van der Waals surface area (Å²) in [5.74, 6) is 0.681. The van der Waals surface area contributed by atoms with Gasteiger partial charge in [-0.05, 0) is 36.4 Å². The fourth-order valence-electron chi connectivity index (χ4n) is 3.21. The van der Waals surface area contributed by atoms with Gasteiger partial charge in [-0.2, -0.15) is 0 Å². The molecule has 0 aliphatic carbocycles. The first-order chi connectivity index (χ1) is 13.9. The lowest BCUT2D eigenvalue weighted by molar-refractivity contribution is -0.116. The summed E-state index contributed by atoms with van der Waals surface area (Å²) >= 11 is 0. The Kier molecular flexibility index (Phi) is 8.62. The molecular formula is C20H26IN5O3S. The Morgan fingerprint density at radius 1 is 1.13 bits per heavy atom. The molecule has 1 aliphatic rings. The van der Waals surface area contributed by atoms with Crippen molar-refractivity contribution in [2.24, 2.45) is 4.99 Å². The summed E-state index contributed by atoms with van der Waals surface area (Å²) in [6.07, 6.45) is 0.419. The zero-order valence-electron chi connectivity index (χ0n) is 16.8. The highest BCUT2D eigenvalue weighted by Gasteiger charge is 2.24. The fourth-order valence-corrected chi connectivity index (χ4v) is 3.94. The molecule has 1 amide bonds. The van der Waals surface area contributed by atoms with Crippen LogP contribution in [0.3, 0.4) is 0 Å². The van der Waals surface area contributed by atoms with Gasteiger partial charge in [0, 0.05) is 38.2 Å². The van der Waals surface area contributed by atoms with E-state index >= 15 is 0 Å². The number of amides is 1. The van der Waals surface area contributed by atoms with Crippen molar-refractivity contribution in [2.75, 3.05) is 26.0 Å². The Morgan fingerprint density at radius 3 is 2.50 bits per heavy atom. The Morgan fingerprint density at radius 2 is 1.83 bits per heavy atom. The first-order valence-electron chi connectivity index (χ1n) is 9.28. The highest BCUT2D eigenvalue weighted by Crippen LogP contribution is 2.31. The molecule has 0 saturated heterocycles. The number of carbonyl (C=O) groups excluding carboxylic acids is 1. The number of anilines is 1. The monoisotopic (exact) mass is 543 g/mol. The highest BCUT2D eigenvalue weighted by atomic mass is 127. The van der Waals surface area contributed by atoms with Crippen molar-refractivity contribution in [3.8, 4) is 0 Å². The molecule has 0 saturated carbocycles. The summed E-state index contributed by atoms with van der Waals surface area (Å²) in [5, 5.41) is 9.37. The number of benzene rings is 2. The molecule has 10 heteroatoms. The van der Waals surface area contributed by atoms with Gasteiger partial charge >= 0.3 is 0 Å². The van der Waals surface area contributed by atoms with Crippen LogP contribution >= 0.6 is 24.0 Å². The molecule has 1 aliphatic heterocycles. The Bertz CT molecular complexity index is 1010. The predicted octanol–water partition coefficient (Wildman–Crippen LogP) is 2.00. The number of hydrogen-bond donors (Lipinski definition) is 4. The molecule has 162 valence electrons. The van der Waals surface area contributed by atoms with E-state index in [-0.39, 0.29) is 40.7 Å². The minimum absolute atomic E-state index is 0. The molecule has 1 heterocycles. The van der Waals surface area contributed by atoms with Crippen molar-refractivity contribution in [1.82, 2.24) is 15.4 Å². The molecule has 1 unspecified atom stereocenters. The van der Waals surface area contributed by atoms with Crippen LogP contribution in [-0.2, 0) is 21.4 Å². The molecule has 8 nitrogen and oxygen atoms in total. The first kappa shape index (κ1) is 24.1. The van der Waals surface area contributed by atoms with E-state index in [1.807, 2.05) is 24.3 Å². The summed E-state index contributed by atoms with van der Waals surface area (Å²) in [6.45, 7) is 1.06. The van der Waals surface area contributed by atoms with Gasteiger partial charge < -0.3 is 16.0 Å². The van der Waals surface area contributed by atoms with Crippen molar-refractivity contribution < 1.29 is 13.2 Å². The molecule has 1 atom stereocenters. The molecule has 0 spiro atoms. The number of halogens is 1. The van der Waals surface area contributed by atoms with E-state index in [1.54, 1.807) is 31.3 Å². The molecule has 0 bridgehead atoms. The zero-order valence-corrected chi connectivity index (χ0v) is 20.0. The summed E-state index contributed by atoms with van der Waals surface area (Å²) in [4.78, 5) is 16.4. The number of nitrogens with zero attached hydrogens (tertiary/aromatic N) is 1. The molecule has 0 aromatic heterocycles. The number of carbonyl (C=O) groups is 1. The SMILES string of the molecule is CN=C(NCc1ccc(S(=O)(=O)NC)cc1)NCC1CC(=O)Nc2ccccc21.I. The van der Waals surface area contributed by atoms with Crippen molar-refractivity contribution in [3.63, 3.8) is 0 Å². The fraction of sp³-hybridized carbons (Fsp3) is 0.300. The van der Waals surface area contributed by atoms with E-state index in [9.17, 15) is 13.2 Å². The van der Waals surface area contributed by atoms with Crippen LogP contribution < -0.4 is 20.7 Å². The van der Waals surface area contributed by atoms with Crippen LogP contribution in [0.1, 0.15) is 23.5 Å². The number of guanidine groups is 1. The molecule has 3 rings (SSSR count). The number of fused-ring (bicyclic) bond motifs is 1. The van der Waals surface area contributed by atoms with Crippen molar-refractivity contribution >= 4 is 51.6 Å². The van der Waals surface area contributed by atoms with Crippen molar-refractivity contribution in [1.29, 1.82) is 0 Å². The lowest BCUT2D eigenvalue weighted by atomic mass is 9.90. The lowest BCUT2D eigenvalue weighted by Crippen LogP contribution is -2.40. The third-order valence-corrected chi connectivity index (χ3v) is 6.24. The van der Waals surface area contributed by atoms with Gasteiger partial charge in [0.15, 0.2) is 5.96 Å². The van der Waals surface area contributed by atoms with E-state index in [1.165, 1.54) is 7.05 Å². The first-order valence-corrected chi connectivity index (χ1v) is 10.8. The topological polar surface area (TPSA) is 112 Å². The summed E-state index contributed by atoms with van der Waals surface area (Å²) < 4.78 is 25.9. The van der Waals surface area contributed by atoms with Gasteiger partial charge in [-0.15, -0.1) is 24.0 Å². The summed E-state index contributed by atoms with van der Waals surface area (Å²) in [5.41, 5.74) is 2.89. The average molecular weight is 543 g/mol. The van der Waals surface area contributed by atoms with Gasteiger partial charge in [0.05, 0.1) is 4.90 Å². The number of rotatable bonds is 6. The van der Waals surface area contributed by atoms with Crippen LogP contribution in [0.25, 0.3) is 0 Å². The van der Waals surface area contributed by atoms with Crippen LogP contribution in [0.2, 0.25) is 0 Å². The second-order valence-electron chi connectivity index (χ2n) is 6.69. The Balaban J connectivity index is 0.00000320. The minimum atomic E-state index is -3.44. The van der Waals surface area contributed by atoms with Gasteiger partial charge in [0.1, 0.15) is 0 Å². The second-order valence-corrected chi connectivity index (χ2v) is 8.58. The van der Waals surface area contributed by atoms with E-state index in [0.29, 0.717) is 25.5 Å². The Labute approximate surface area is 194 Å². The van der Waals surface area contributed by atoms with Gasteiger partial charge in [-0.25, -0.2) is 13.1 Å². The predicted molar refractivity (Wildman–Crippen MR) is 129 cm³/mol. The van der Waals surface area contributed by atoms with Crippen LogP contribution in [-0.4, -0.2) is 40.9 Å². The van der Waals surface area contributed by atoms with Gasteiger partial charge in [0.25, 0.3) is 0 Å². The summed E-state index contributed by atoms with van der Waals surface area (Å²) in [6, 6.07) is 14.4. The largest absolute Gasteiger partial charge is 0.356 e. The molecule has 2 aromatic rings. The maximum Gasteiger partial charge on any atom is 0.240 e. The van der Waals surface area contributed by atoms with Crippen LogP contribution in [0.5, 0.6) is 0 Å². The maximum absolute atomic E-state index is 11.9. The van der Waals surface area contributed by atoms with Crippen molar-refractivity contribution in [2.45, 2.75) is 23.8 Å². The van der Waals surface area contributed by atoms with E-state index in [4.69, 9.17) is 0 Å². The molecule has 0 fully saturated rings. The smallest absolute Gasteiger partial charge is 0.240 e. The normalized spacial score (nSPS) is 16.1. The lowest BCUT2D eigenvalue weighted by Gasteiger charge is -2.26. The molecule has 0 radical (unpaired) electrons. The number of nitrogens with one attached hydrogen (secondary N) is 4. The maximum atomic E-state index is 11.9. The van der Waals surface area contributed by atoms with Gasteiger partial charge in [-0.1, -0.05) is 30.3 Å². The quantitative estimate of drug-likeness (QED) is 0.253. The number of para-hydroxylation sites is 1. The number of aliphatic imine (C=N–C) groups is 1. The molecule has 2 aromatic carbocycles. The van der Waals surface area contributed by atoms with Crippen LogP contribution in [0.15, 0.2) is 58.4 Å². The van der Waals surface area contributed by atoms with E-state index < -0.39 is 10.0 Å². The summed E-state index contributed by atoms with van der Waals surface area (Å²) in [7, 11) is -0.376. The standard InChI is InChI=1S/C20H25N5O3S.HI/c1-21-20(23-12-14-7-9-16(10-8-14)29(27,28)22-2)24-13-15-11-19(26)25-18-6-4-3-5-17(15)18;/h3-10,15,22H,11-13H2,1-2H3,(H,25,26)(H2,21,23,24);1H. The van der Waals surface area contributed by atoms with Crippen LogP contribution in [0, 0.1) is 0 Å². The van der Waals surface area contributed by atoms with Crippen molar-refractivity contribution in [3.05, 3.63) is 59.7 Å². The van der Waals surface area contributed by atoms with E-state index in [0.717, 1.165) is 16.8 Å². The minimum Gasteiger partial charge on any atom is -0.356 e. The van der Waals surface area contributed by atoms with Gasteiger partial charge in [0.2, 0.25) is 15.9 Å². The number of hydrogen-bond acceptors (Lipinski definition) is 4. The Hall–Kier alpha value is -2.18. The second kappa shape index (κ2) is 10.7. The average Bonchev–Trinajstić information content (AvgIpc) is 2.74. The zero-order chi connectivity index (χ0) is 20.9. The molecule has 30 heavy (non-hydrogen) atoms. The molecule has 4 N–H and O–H groups in total. The third-order valence-electron chi connectivity index (χ3n) is 4.81. The van der Waals surface area contributed by atoms with Crippen LogP contribution in [0.4, 0.5) is 5.69 Å². The molecular weight excluding hydrogens is 517 g/mol.